The molecular weight excluding hydrogens is 695 g/mol. The van der Waals surface area contributed by atoms with Gasteiger partial charge in [-0.1, -0.05) is 159 Å². The number of nitrogens with zero attached hydrogens (tertiary/aromatic N) is 1. The van der Waals surface area contributed by atoms with E-state index in [-0.39, 0.29) is 11.9 Å². The van der Waals surface area contributed by atoms with E-state index >= 15 is 0 Å². The summed E-state index contributed by atoms with van der Waals surface area (Å²) in [6, 6.07) is 0. The fraction of sp³-hybridized carbons (Fsp3) is 0.960. The first-order chi connectivity index (χ1) is 26.8. The Morgan fingerprint density at radius 1 is 0.518 bits per heavy atom. The molecule has 0 aromatic rings. The van der Waals surface area contributed by atoms with E-state index in [1.807, 2.05) is 0 Å². The smallest absolute Gasteiger partial charge is 0.305 e. The molecular formula is C50H97NO5. The molecule has 1 rings (SSSR count). The maximum atomic E-state index is 12.4. The minimum Gasteiger partial charge on any atom is -0.465 e. The highest BCUT2D eigenvalue weighted by Gasteiger charge is 2.23. The zero-order valence-corrected chi connectivity index (χ0v) is 39.1. The second-order valence-corrected chi connectivity index (χ2v) is 20.0. The lowest BCUT2D eigenvalue weighted by Gasteiger charge is -2.31. The van der Waals surface area contributed by atoms with Crippen molar-refractivity contribution < 1.29 is 23.8 Å². The molecule has 1 fully saturated rings. The van der Waals surface area contributed by atoms with Crippen LogP contribution in [0.5, 0.6) is 0 Å². The molecule has 0 bridgehead atoms. The first-order valence-electron chi connectivity index (χ1n) is 24.4. The van der Waals surface area contributed by atoms with Crippen LogP contribution in [-0.2, 0) is 23.8 Å². The van der Waals surface area contributed by atoms with Crippen molar-refractivity contribution in [1.29, 1.82) is 0 Å². The predicted octanol–water partition coefficient (Wildman–Crippen LogP) is 14.0. The standard InChI is InChI=1S/C50H97NO5/c1-42(2)28-30-46(44(5)6)40-55-48(52)26-20-16-12-10-14-18-22-32-50(9,34-24-25-35-51-36-38-54-39-37-51)33-23-19-15-11-13-17-21-27-49(53)56-41-47(45(7)8)31-29-43(3)4/h42-47H,10-41H2,1-9H3. The molecule has 0 radical (unpaired) electrons. The molecule has 0 saturated carbocycles. The maximum absolute atomic E-state index is 12.4. The van der Waals surface area contributed by atoms with Gasteiger partial charge in [0.15, 0.2) is 0 Å². The number of ether oxygens (including phenoxy) is 3. The number of carbonyl (C=O) groups excluding carboxylic acids is 2. The van der Waals surface area contributed by atoms with Crippen molar-refractivity contribution in [2.45, 2.75) is 223 Å². The maximum Gasteiger partial charge on any atom is 0.305 e. The zero-order valence-electron chi connectivity index (χ0n) is 39.1. The van der Waals surface area contributed by atoms with Crippen LogP contribution in [0, 0.1) is 40.9 Å². The second kappa shape index (κ2) is 33.7. The summed E-state index contributed by atoms with van der Waals surface area (Å²) in [6.07, 6.45) is 29.8. The van der Waals surface area contributed by atoms with Crippen molar-refractivity contribution in [2.24, 2.45) is 40.9 Å². The minimum atomic E-state index is 0.00125. The van der Waals surface area contributed by atoms with Gasteiger partial charge < -0.3 is 14.2 Å². The zero-order chi connectivity index (χ0) is 41.4. The third kappa shape index (κ3) is 30.0. The molecule has 6 heteroatoms. The van der Waals surface area contributed by atoms with Gasteiger partial charge in [0.1, 0.15) is 0 Å². The Labute approximate surface area is 349 Å². The quantitative estimate of drug-likeness (QED) is 0.0461. The SMILES string of the molecule is CC(C)CCC(COC(=O)CCCCCCCCCC(C)(CCCCCCCCCC(=O)OCC(CCC(C)C)C(C)C)CCCCN1CCOCC1)C(C)C. The van der Waals surface area contributed by atoms with Crippen LogP contribution in [-0.4, -0.2) is 62.9 Å². The van der Waals surface area contributed by atoms with E-state index < -0.39 is 0 Å². The number of unbranched alkanes of at least 4 members (excludes halogenated alkanes) is 13. The van der Waals surface area contributed by atoms with Crippen LogP contribution in [0.4, 0.5) is 0 Å². The van der Waals surface area contributed by atoms with Crippen LogP contribution in [0.3, 0.4) is 0 Å². The predicted molar refractivity (Wildman–Crippen MR) is 239 cm³/mol. The first-order valence-corrected chi connectivity index (χ1v) is 24.4. The van der Waals surface area contributed by atoms with E-state index in [9.17, 15) is 9.59 Å². The summed E-state index contributed by atoms with van der Waals surface area (Å²) in [7, 11) is 0. The molecule has 0 N–H and O–H groups in total. The summed E-state index contributed by atoms with van der Waals surface area (Å²) in [5, 5.41) is 0. The summed E-state index contributed by atoms with van der Waals surface area (Å²) in [5.74, 6) is 3.49. The molecule has 0 aliphatic carbocycles. The summed E-state index contributed by atoms with van der Waals surface area (Å²) < 4.78 is 16.9. The number of carbonyl (C=O) groups is 2. The van der Waals surface area contributed by atoms with Crippen LogP contribution < -0.4 is 0 Å². The summed E-state index contributed by atoms with van der Waals surface area (Å²) in [6.45, 7) is 27.1. The average Bonchev–Trinajstić information content (AvgIpc) is 3.15. The van der Waals surface area contributed by atoms with Crippen LogP contribution >= 0.6 is 0 Å². The minimum absolute atomic E-state index is 0.00125. The Kier molecular flexibility index (Phi) is 31.8. The Balaban J connectivity index is 2.27. The van der Waals surface area contributed by atoms with Crippen molar-refractivity contribution in [3.8, 4) is 0 Å². The van der Waals surface area contributed by atoms with E-state index in [4.69, 9.17) is 14.2 Å². The number of hydrogen-bond donors (Lipinski definition) is 0. The van der Waals surface area contributed by atoms with Crippen molar-refractivity contribution >= 4 is 11.9 Å². The Morgan fingerprint density at radius 3 is 1.25 bits per heavy atom. The largest absolute Gasteiger partial charge is 0.465 e. The molecule has 0 amide bonds. The van der Waals surface area contributed by atoms with Gasteiger partial charge in [-0.15, -0.1) is 0 Å². The Bertz CT molecular complexity index is 868. The first kappa shape index (κ1) is 52.9. The second-order valence-electron chi connectivity index (χ2n) is 20.0. The van der Waals surface area contributed by atoms with Gasteiger partial charge in [0, 0.05) is 25.9 Å². The highest BCUT2D eigenvalue weighted by atomic mass is 16.5. The van der Waals surface area contributed by atoms with Crippen molar-refractivity contribution in [3.63, 3.8) is 0 Å². The molecule has 1 aliphatic rings. The number of rotatable bonds is 37. The highest BCUT2D eigenvalue weighted by Crippen LogP contribution is 2.37. The average molecular weight is 792 g/mol. The molecule has 0 aromatic heterocycles. The normalized spacial score (nSPS) is 16.2. The van der Waals surface area contributed by atoms with Crippen LogP contribution in [0.15, 0.2) is 0 Å². The molecule has 1 aliphatic heterocycles. The van der Waals surface area contributed by atoms with Gasteiger partial charge in [0.2, 0.25) is 0 Å². The van der Waals surface area contributed by atoms with Crippen LogP contribution in [0.1, 0.15) is 223 Å². The number of esters is 2. The van der Waals surface area contributed by atoms with Crippen molar-refractivity contribution in [3.05, 3.63) is 0 Å². The molecule has 332 valence electrons. The highest BCUT2D eigenvalue weighted by molar-refractivity contribution is 5.69. The molecule has 2 atom stereocenters. The molecule has 1 saturated heterocycles. The molecule has 56 heavy (non-hydrogen) atoms. The Hall–Kier alpha value is -1.14. The van der Waals surface area contributed by atoms with E-state index in [0.717, 1.165) is 64.8 Å². The Morgan fingerprint density at radius 2 is 0.875 bits per heavy atom. The van der Waals surface area contributed by atoms with Gasteiger partial charge in [0.25, 0.3) is 0 Å². The van der Waals surface area contributed by atoms with E-state index in [2.05, 4.69) is 67.2 Å². The van der Waals surface area contributed by atoms with Gasteiger partial charge in [0.05, 0.1) is 26.4 Å². The fourth-order valence-electron chi connectivity index (χ4n) is 8.35. The van der Waals surface area contributed by atoms with Gasteiger partial charge in [-0.05, 0) is 98.8 Å². The molecule has 6 nitrogen and oxygen atoms in total. The topological polar surface area (TPSA) is 65.1 Å². The fourth-order valence-corrected chi connectivity index (χ4v) is 8.35. The van der Waals surface area contributed by atoms with Crippen molar-refractivity contribution in [1.82, 2.24) is 4.90 Å². The molecule has 1 heterocycles. The van der Waals surface area contributed by atoms with Gasteiger partial charge >= 0.3 is 11.9 Å². The van der Waals surface area contributed by atoms with Crippen molar-refractivity contribution in [2.75, 3.05) is 46.1 Å². The van der Waals surface area contributed by atoms with E-state index in [1.165, 1.54) is 116 Å². The van der Waals surface area contributed by atoms with Crippen LogP contribution in [0.25, 0.3) is 0 Å². The third-order valence-electron chi connectivity index (χ3n) is 13.0. The van der Waals surface area contributed by atoms with Gasteiger partial charge in [-0.25, -0.2) is 0 Å². The summed E-state index contributed by atoms with van der Waals surface area (Å²) in [5.41, 5.74) is 0.457. The number of morpholine rings is 1. The van der Waals surface area contributed by atoms with Gasteiger partial charge in [-0.3, -0.25) is 14.5 Å². The summed E-state index contributed by atoms with van der Waals surface area (Å²) >= 11 is 0. The monoisotopic (exact) mass is 792 g/mol. The van der Waals surface area contributed by atoms with Crippen LogP contribution in [0.2, 0.25) is 0 Å². The third-order valence-corrected chi connectivity index (χ3v) is 13.0. The lowest BCUT2D eigenvalue weighted by molar-refractivity contribution is -0.146. The summed E-state index contributed by atoms with van der Waals surface area (Å²) in [4.78, 5) is 27.3. The number of hydrogen-bond acceptors (Lipinski definition) is 6. The lowest BCUT2D eigenvalue weighted by atomic mass is 9.76. The van der Waals surface area contributed by atoms with E-state index in [1.54, 1.807) is 0 Å². The lowest BCUT2D eigenvalue weighted by Crippen LogP contribution is -2.36. The molecule has 2 unspecified atom stereocenters. The molecule has 0 aromatic carbocycles. The van der Waals surface area contributed by atoms with E-state index in [0.29, 0.717) is 67.0 Å². The molecule has 0 spiro atoms. The van der Waals surface area contributed by atoms with Gasteiger partial charge in [-0.2, -0.15) is 0 Å².